The van der Waals surface area contributed by atoms with Gasteiger partial charge in [0.25, 0.3) is 11.6 Å². The third-order valence-corrected chi connectivity index (χ3v) is 5.06. The lowest BCUT2D eigenvalue weighted by atomic mass is 9.89. The Labute approximate surface area is 157 Å². The van der Waals surface area contributed by atoms with Gasteiger partial charge in [-0.15, -0.1) is 0 Å². The maximum Gasteiger partial charge on any atom is 0.272 e. The number of hydrogen-bond donors (Lipinski definition) is 2. The van der Waals surface area contributed by atoms with Crippen molar-refractivity contribution in [2.75, 3.05) is 31.2 Å². The number of anilines is 1. The van der Waals surface area contributed by atoms with Crippen LogP contribution in [0.2, 0.25) is 0 Å². The molecule has 2 aliphatic rings. The van der Waals surface area contributed by atoms with Crippen LogP contribution in [0, 0.1) is 16.0 Å². The van der Waals surface area contributed by atoms with E-state index in [1.807, 2.05) is 4.90 Å². The third kappa shape index (κ3) is 4.73. The van der Waals surface area contributed by atoms with Gasteiger partial charge in [-0.25, -0.2) is 0 Å². The van der Waals surface area contributed by atoms with Crippen LogP contribution >= 0.6 is 0 Å². The minimum absolute atomic E-state index is 0.0946. The van der Waals surface area contributed by atoms with Gasteiger partial charge in [-0.1, -0.05) is 19.3 Å². The van der Waals surface area contributed by atoms with Crippen LogP contribution in [0.5, 0.6) is 0 Å². The minimum atomic E-state index is -0.565. The Bertz CT molecular complexity index is 712. The zero-order valence-corrected chi connectivity index (χ0v) is 15.1. The fraction of sp³-hybridized carbons (Fsp3) is 0.556. The van der Waals surface area contributed by atoms with Gasteiger partial charge in [0.15, 0.2) is 0 Å². The number of nitro groups is 1. The first-order valence-corrected chi connectivity index (χ1v) is 9.27. The van der Waals surface area contributed by atoms with E-state index >= 15 is 0 Å². The number of nitrogens with zero attached hydrogens (tertiary/aromatic N) is 2. The Morgan fingerprint density at radius 1 is 1.11 bits per heavy atom. The van der Waals surface area contributed by atoms with Crippen molar-refractivity contribution in [1.82, 2.24) is 10.9 Å². The zero-order valence-electron chi connectivity index (χ0n) is 15.1. The highest BCUT2D eigenvalue weighted by Crippen LogP contribution is 2.27. The van der Waals surface area contributed by atoms with Gasteiger partial charge in [-0.3, -0.25) is 30.6 Å². The summed E-state index contributed by atoms with van der Waals surface area (Å²) in [4.78, 5) is 37.4. The molecule has 3 rings (SSSR count). The molecule has 9 heteroatoms. The number of ether oxygens (including phenoxy) is 1. The lowest BCUT2D eigenvalue weighted by Gasteiger charge is -2.30. The lowest BCUT2D eigenvalue weighted by molar-refractivity contribution is -0.384. The van der Waals surface area contributed by atoms with Crippen molar-refractivity contribution in [2.24, 2.45) is 5.92 Å². The van der Waals surface area contributed by atoms with Crippen molar-refractivity contribution in [1.29, 1.82) is 0 Å². The monoisotopic (exact) mass is 376 g/mol. The minimum Gasteiger partial charge on any atom is -0.378 e. The van der Waals surface area contributed by atoms with Crippen LogP contribution in [0.4, 0.5) is 11.4 Å². The first-order valence-electron chi connectivity index (χ1n) is 9.27. The van der Waals surface area contributed by atoms with Crippen LogP contribution in [-0.2, 0) is 9.53 Å². The molecule has 1 saturated carbocycles. The van der Waals surface area contributed by atoms with E-state index in [9.17, 15) is 19.7 Å². The smallest absolute Gasteiger partial charge is 0.272 e. The summed E-state index contributed by atoms with van der Waals surface area (Å²) in [5, 5.41) is 11.1. The van der Waals surface area contributed by atoms with Gasteiger partial charge in [-0.05, 0) is 18.9 Å². The van der Waals surface area contributed by atoms with Gasteiger partial charge in [0, 0.05) is 31.1 Å². The van der Waals surface area contributed by atoms with E-state index in [4.69, 9.17) is 4.74 Å². The highest BCUT2D eigenvalue weighted by molar-refractivity contribution is 6.01. The standard InChI is InChI=1S/C18H24N4O5/c23-17(13-4-2-1-3-5-13)19-20-18(24)15-12-14(22(25)26)6-7-16(15)21-8-10-27-11-9-21/h6-7,12-13H,1-5,8-11H2,(H,19,23)(H,20,24). The third-order valence-electron chi connectivity index (χ3n) is 5.06. The Morgan fingerprint density at radius 2 is 1.81 bits per heavy atom. The molecule has 0 spiro atoms. The quantitative estimate of drug-likeness (QED) is 0.611. The first-order chi connectivity index (χ1) is 13.1. The molecule has 1 aromatic carbocycles. The van der Waals surface area contributed by atoms with Crippen LogP contribution in [0.15, 0.2) is 18.2 Å². The topological polar surface area (TPSA) is 114 Å². The number of nitrogens with one attached hydrogen (secondary N) is 2. The molecule has 0 radical (unpaired) electrons. The molecule has 2 fully saturated rings. The number of amides is 2. The lowest BCUT2D eigenvalue weighted by Crippen LogP contribution is -2.45. The molecule has 27 heavy (non-hydrogen) atoms. The average Bonchev–Trinajstić information content (AvgIpc) is 2.72. The van der Waals surface area contributed by atoms with Gasteiger partial charge in [0.1, 0.15) is 0 Å². The van der Waals surface area contributed by atoms with Crippen molar-refractivity contribution < 1.29 is 19.2 Å². The van der Waals surface area contributed by atoms with Crippen molar-refractivity contribution >= 4 is 23.2 Å². The van der Waals surface area contributed by atoms with E-state index in [1.165, 1.54) is 12.1 Å². The molecule has 0 bridgehead atoms. The molecule has 1 aromatic rings. The number of benzene rings is 1. The second kappa shape index (κ2) is 8.81. The fourth-order valence-electron chi connectivity index (χ4n) is 3.55. The first kappa shape index (κ1) is 19.1. The summed E-state index contributed by atoms with van der Waals surface area (Å²) in [6.07, 6.45) is 4.79. The number of carbonyl (C=O) groups excluding carboxylic acids is 2. The van der Waals surface area contributed by atoms with E-state index in [-0.39, 0.29) is 23.1 Å². The highest BCUT2D eigenvalue weighted by atomic mass is 16.6. The van der Waals surface area contributed by atoms with Crippen LogP contribution < -0.4 is 15.8 Å². The predicted octanol–water partition coefficient (Wildman–Crippen LogP) is 1.77. The fourth-order valence-corrected chi connectivity index (χ4v) is 3.55. The number of hydrogen-bond acceptors (Lipinski definition) is 6. The summed E-state index contributed by atoms with van der Waals surface area (Å²) in [5.74, 6) is -0.867. The summed E-state index contributed by atoms with van der Waals surface area (Å²) in [6, 6.07) is 4.19. The molecular formula is C18H24N4O5. The molecule has 0 aromatic heterocycles. The molecule has 9 nitrogen and oxygen atoms in total. The largest absolute Gasteiger partial charge is 0.378 e. The number of nitro benzene ring substituents is 1. The maximum absolute atomic E-state index is 12.7. The summed E-state index contributed by atoms with van der Waals surface area (Å²) in [5.41, 5.74) is 5.48. The summed E-state index contributed by atoms with van der Waals surface area (Å²) in [7, 11) is 0. The second-order valence-corrected chi connectivity index (χ2v) is 6.84. The zero-order chi connectivity index (χ0) is 19.2. The van der Waals surface area contributed by atoms with Gasteiger partial charge in [-0.2, -0.15) is 0 Å². The molecule has 2 amide bonds. The van der Waals surface area contributed by atoms with E-state index in [1.54, 1.807) is 6.07 Å². The molecule has 0 unspecified atom stereocenters. The van der Waals surface area contributed by atoms with Crippen LogP contribution in [0.25, 0.3) is 0 Å². The van der Waals surface area contributed by atoms with Gasteiger partial charge < -0.3 is 9.64 Å². The molecule has 1 aliphatic carbocycles. The number of hydrazine groups is 1. The number of carbonyl (C=O) groups is 2. The van der Waals surface area contributed by atoms with Gasteiger partial charge in [0.05, 0.1) is 29.4 Å². The highest BCUT2D eigenvalue weighted by Gasteiger charge is 2.24. The van der Waals surface area contributed by atoms with E-state index < -0.39 is 10.8 Å². The molecule has 2 N–H and O–H groups in total. The summed E-state index contributed by atoms with van der Waals surface area (Å²) in [6.45, 7) is 2.23. The van der Waals surface area contributed by atoms with E-state index in [0.717, 1.165) is 32.1 Å². The van der Waals surface area contributed by atoms with E-state index in [2.05, 4.69) is 10.9 Å². The molecule has 146 valence electrons. The molecule has 0 atom stereocenters. The summed E-state index contributed by atoms with van der Waals surface area (Å²) >= 11 is 0. The number of morpholine rings is 1. The van der Waals surface area contributed by atoms with Crippen molar-refractivity contribution in [2.45, 2.75) is 32.1 Å². The van der Waals surface area contributed by atoms with Gasteiger partial charge >= 0.3 is 0 Å². The molecule has 1 aliphatic heterocycles. The van der Waals surface area contributed by atoms with Crippen LogP contribution in [0.3, 0.4) is 0 Å². The van der Waals surface area contributed by atoms with Gasteiger partial charge in [0.2, 0.25) is 5.91 Å². The van der Waals surface area contributed by atoms with Crippen molar-refractivity contribution in [3.05, 3.63) is 33.9 Å². The Balaban J connectivity index is 1.73. The molecular weight excluding hydrogens is 352 g/mol. The molecule has 1 heterocycles. The Hall–Kier alpha value is -2.68. The van der Waals surface area contributed by atoms with Crippen molar-refractivity contribution in [3.8, 4) is 0 Å². The number of rotatable bonds is 4. The maximum atomic E-state index is 12.7. The Morgan fingerprint density at radius 3 is 2.48 bits per heavy atom. The van der Waals surface area contributed by atoms with Crippen molar-refractivity contribution in [3.63, 3.8) is 0 Å². The van der Waals surface area contributed by atoms with E-state index in [0.29, 0.717) is 32.0 Å². The van der Waals surface area contributed by atoms with Crippen LogP contribution in [0.1, 0.15) is 42.5 Å². The second-order valence-electron chi connectivity index (χ2n) is 6.84. The predicted molar refractivity (Wildman–Crippen MR) is 98.3 cm³/mol. The Kier molecular flexibility index (Phi) is 6.23. The van der Waals surface area contributed by atoms with Crippen LogP contribution in [-0.4, -0.2) is 43.0 Å². The summed E-state index contributed by atoms with van der Waals surface area (Å²) < 4.78 is 5.32. The molecule has 1 saturated heterocycles. The SMILES string of the molecule is O=C(NNC(=O)C1CCCCC1)c1cc([N+](=O)[O-])ccc1N1CCOCC1. The average molecular weight is 376 g/mol. The normalized spacial score (nSPS) is 18.0. The number of non-ortho nitro benzene ring substituents is 1.